The fraction of sp³-hybridized carbons (Fsp3) is 0.714. The highest BCUT2D eigenvalue weighted by Gasteiger charge is 2.30. The standard InChI is InChI=1S/C7H12O4/c1-5(9)3-7(2,11)6(10)4-8/h4-5,9,11H,3H2,1-2H3/t5?,7-/m0/s1. The van der Waals surface area contributed by atoms with Gasteiger partial charge in [-0.25, -0.2) is 0 Å². The summed E-state index contributed by atoms with van der Waals surface area (Å²) in [4.78, 5) is 20.6. The molecule has 0 bridgehead atoms. The van der Waals surface area contributed by atoms with Gasteiger partial charge in [-0.1, -0.05) is 0 Å². The van der Waals surface area contributed by atoms with Crippen LogP contribution in [0.2, 0.25) is 0 Å². The van der Waals surface area contributed by atoms with Crippen molar-refractivity contribution in [2.45, 2.75) is 32.0 Å². The average molecular weight is 160 g/mol. The van der Waals surface area contributed by atoms with Crippen molar-refractivity contribution in [3.8, 4) is 0 Å². The third-order valence-electron chi connectivity index (χ3n) is 1.33. The second kappa shape index (κ2) is 3.59. The summed E-state index contributed by atoms with van der Waals surface area (Å²) in [6, 6.07) is 0. The smallest absolute Gasteiger partial charge is 0.226 e. The van der Waals surface area contributed by atoms with E-state index in [0.29, 0.717) is 0 Å². The van der Waals surface area contributed by atoms with E-state index < -0.39 is 17.5 Å². The van der Waals surface area contributed by atoms with Crippen LogP contribution in [0, 0.1) is 0 Å². The minimum Gasteiger partial charge on any atom is -0.393 e. The van der Waals surface area contributed by atoms with Gasteiger partial charge in [-0.3, -0.25) is 9.59 Å². The zero-order valence-electron chi connectivity index (χ0n) is 6.57. The number of hydrogen-bond donors (Lipinski definition) is 2. The van der Waals surface area contributed by atoms with E-state index in [-0.39, 0.29) is 12.7 Å². The summed E-state index contributed by atoms with van der Waals surface area (Å²) in [6.07, 6.45) is -0.860. The topological polar surface area (TPSA) is 74.6 Å². The molecule has 4 nitrogen and oxygen atoms in total. The van der Waals surface area contributed by atoms with Crippen LogP contribution in [0.1, 0.15) is 20.3 Å². The van der Waals surface area contributed by atoms with Gasteiger partial charge in [0.25, 0.3) is 0 Å². The average Bonchev–Trinajstić information content (AvgIpc) is 1.83. The Balaban J connectivity index is 4.20. The van der Waals surface area contributed by atoms with Gasteiger partial charge >= 0.3 is 0 Å². The molecule has 4 heteroatoms. The molecule has 64 valence electrons. The largest absolute Gasteiger partial charge is 0.393 e. The minimum atomic E-state index is -1.73. The first-order valence-electron chi connectivity index (χ1n) is 3.30. The monoisotopic (exact) mass is 160 g/mol. The van der Waals surface area contributed by atoms with Gasteiger partial charge < -0.3 is 10.2 Å². The Morgan fingerprint density at radius 2 is 2.18 bits per heavy atom. The van der Waals surface area contributed by atoms with E-state index in [2.05, 4.69) is 0 Å². The number of carbonyl (C=O) groups is 2. The zero-order chi connectivity index (χ0) is 9.07. The lowest BCUT2D eigenvalue weighted by atomic mass is 9.95. The molecule has 0 aliphatic carbocycles. The van der Waals surface area contributed by atoms with Crippen molar-refractivity contribution in [1.29, 1.82) is 0 Å². The van der Waals surface area contributed by atoms with E-state index in [9.17, 15) is 14.7 Å². The van der Waals surface area contributed by atoms with Gasteiger partial charge in [0, 0.05) is 6.42 Å². The number of ketones is 1. The molecule has 0 aliphatic heterocycles. The van der Waals surface area contributed by atoms with Crippen LogP contribution >= 0.6 is 0 Å². The molecule has 11 heavy (non-hydrogen) atoms. The molecule has 0 saturated carbocycles. The maximum Gasteiger partial charge on any atom is 0.226 e. The van der Waals surface area contributed by atoms with Gasteiger partial charge in [0.05, 0.1) is 6.10 Å². The van der Waals surface area contributed by atoms with E-state index in [1.165, 1.54) is 13.8 Å². The van der Waals surface area contributed by atoms with Crippen molar-refractivity contribution in [1.82, 2.24) is 0 Å². The zero-order valence-corrected chi connectivity index (χ0v) is 6.57. The van der Waals surface area contributed by atoms with Gasteiger partial charge in [0.15, 0.2) is 6.29 Å². The summed E-state index contributed by atoms with van der Waals surface area (Å²) in [7, 11) is 0. The Hall–Kier alpha value is -0.740. The predicted molar refractivity (Wildman–Crippen MR) is 38.0 cm³/mol. The highest BCUT2D eigenvalue weighted by molar-refractivity contribution is 6.28. The maximum absolute atomic E-state index is 10.6. The van der Waals surface area contributed by atoms with Crippen molar-refractivity contribution in [3.05, 3.63) is 0 Å². The molecule has 0 aromatic carbocycles. The third kappa shape index (κ3) is 3.25. The highest BCUT2D eigenvalue weighted by atomic mass is 16.3. The van der Waals surface area contributed by atoms with Crippen LogP contribution in [0.15, 0.2) is 0 Å². The van der Waals surface area contributed by atoms with Gasteiger partial charge in [0.1, 0.15) is 5.60 Å². The first-order chi connectivity index (χ1) is 4.90. The molecular formula is C7H12O4. The second-order valence-corrected chi connectivity index (χ2v) is 2.81. The summed E-state index contributed by atoms with van der Waals surface area (Å²) in [5.41, 5.74) is -1.73. The number of Topliss-reactive ketones (excluding diaryl/α,β-unsaturated/α-hetero) is 1. The van der Waals surface area contributed by atoms with Crippen LogP contribution in [0.4, 0.5) is 0 Å². The molecule has 0 aliphatic rings. The molecule has 2 N–H and O–H groups in total. The molecule has 0 fully saturated rings. The normalized spacial score (nSPS) is 18.5. The molecule has 2 atom stereocenters. The fourth-order valence-electron chi connectivity index (χ4n) is 0.803. The van der Waals surface area contributed by atoms with Gasteiger partial charge in [-0.05, 0) is 13.8 Å². The SMILES string of the molecule is CC(O)C[C@](C)(O)C(=O)C=O. The van der Waals surface area contributed by atoms with Gasteiger partial charge in [-0.2, -0.15) is 0 Å². The number of hydrogen-bond acceptors (Lipinski definition) is 4. The van der Waals surface area contributed by atoms with Crippen molar-refractivity contribution >= 4 is 12.1 Å². The number of aldehydes is 1. The molecule has 0 radical (unpaired) electrons. The van der Waals surface area contributed by atoms with Crippen LogP contribution in [0.3, 0.4) is 0 Å². The lowest BCUT2D eigenvalue weighted by molar-refractivity contribution is -0.143. The Labute approximate surface area is 64.8 Å². The maximum atomic E-state index is 10.6. The number of aliphatic hydroxyl groups is 2. The molecule has 0 amide bonds. The Morgan fingerprint density at radius 1 is 1.73 bits per heavy atom. The molecule has 1 unspecified atom stereocenters. The van der Waals surface area contributed by atoms with Crippen LogP contribution < -0.4 is 0 Å². The summed E-state index contributed by atoms with van der Waals surface area (Å²) >= 11 is 0. The highest BCUT2D eigenvalue weighted by Crippen LogP contribution is 2.11. The van der Waals surface area contributed by atoms with Crippen molar-refractivity contribution in [3.63, 3.8) is 0 Å². The summed E-state index contributed by atoms with van der Waals surface area (Å²) in [6.45, 7) is 2.64. The molecule has 0 aromatic rings. The van der Waals surface area contributed by atoms with Crippen molar-refractivity contribution in [2.24, 2.45) is 0 Å². The van der Waals surface area contributed by atoms with Crippen LogP contribution in [-0.2, 0) is 9.59 Å². The summed E-state index contributed by atoms with van der Waals surface area (Å²) < 4.78 is 0. The third-order valence-corrected chi connectivity index (χ3v) is 1.33. The molecule has 0 heterocycles. The summed E-state index contributed by atoms with van der Waals surface area (Å²) in [5, 5.41) is 18.0. The van der Waals surface area contributed by atoms with Gasteiger partial charge in [-0.15, -0.1) is 0 Å². The van der Waals surface area contributed by atoms with E-state index in [1.54, 1.807) is 0 Å². The minimum absolute atomic E-state index is 0.0579. The first kappa shape index (κ1) is 10.3. The molecular weight excluding hydrogens is 148 g/mol. The molecule has 0 rings (SSSR count). The Kier molecular flexibility index (Phi) is 3.35. The quantitative estimate of drug-likeness (QED) is 0.420. The van der Waals surface area contributed by atoms with Crippen molar-refractivity contribution < 1.29 is 19.8 Å². The van der Waals surface area contributed by atoms with Crippen molar-refractivity contribution in [2.75, 3.05) is 0 Å². The predicted octanol–water partition coefficient (Wildman–Crippen LogP) is -0.724. The van der Waals surface area contributed by atoms with E-state index in [1.807, 2.05) is 0 Å². The Bertz CT molecular complexity index is 160. The van der Waals surface area contributed by atoms with E-state index in [4.69, 9.17) is 5.11 Å². The van der Waals surface area contributed by atoms with Gasteiger partial charge in [0.2, 0.25) is 5.78 Å². The first-order valence-corrected chi connectivity index (χ1v) is 3.30. The number of aliphatic hydroxyl groups excluding tert-OH is 1. The van der Waals surface area contributed by atoms with E-state index >= 15 is 0 Å². The van der Waals surface area contributed by atoms with Crippen LogP contribution in [-0.4, -0.2) is 34.0 Å². The fourth-order valence-corrected chi connectivity index (χ4v) is 0.803. The second-order valence-electron chi connectivity index (χ2n) is 2.81. The van der Waals surface area contributed by atoms with E-state index in [0.717, 1.165) is 0 Å². The number of rotatable bonds is 4. The lowest BCUT2D eigenvalue weighted by Crippen LogP contribution is -2.38. The molecule has 0 spiro atoms. The van der Waals surface area contributed by atoms with Crippen LogP contribution in [0.5, 0.6) is 0 Å². The Morgan fingerprint density at radius 3 is 2.45 bits per heavy atom. The lowest BCUT2D eigenvalue weighted by Gasteiger charge is -2.19. The summed E-state index contributed by atoms with van der Waals surface area (Å²) in [5.74, 6) is -0.904. The van der Waals surface area contributed by atoms with Crippen LogP contribution in [0.25, 0.3) is 0 Å². The molecule has 0 saturated heterocycles. The number of carbonyl (C=O) groups excluding carboxylic acids is 2. The molecule has 0 aromatic heterocycles.